The number of thiophene rings is 1. The van der Waals surface area contributed by atoms with E-state index in [1.807, 2.05) is 29.8 Å². The Kier molecular flexibility index (Phi) is 4.17. The number of methoxy groups -OCH3 is 1. The summed E-state index contributed by atoms with van der Waals surface area (Å²) in [5.41, 5.74) is 0.932. The highest BCUT2D eigenvalue weighted by Gasteiger charge is 2.17. The van der Waals surface area contributed by atoms with Crippen LogP contribution < -0.4 is 0 Å². The number of imidazole rings is 1. The highest BCUT2D eigenvalue weighted by molar-refractivity contribution is 7.10. The van der Waals surface area contributed by atoms with Crippen LogP contribution in [0, 0.1) is 0 Å². The van der Waals surface area contributed by atoms with Gasteiger partial charge in [0.05, 0.1) is 12.2 Å². The van der Waals surface area contributed by atoms with Crippen molar-refractivity contribution in [2.24, 2.45) is 0 Å². The third-order valence-corrected chi connectivity index (χ3v) is 4.33. The van der Waals surface area contributed by atoms with Gasteiger partial charge in [0.25, 0.3) is 0 Å². The van der Waals surface area contributed by atoms with Crippen LogP contribution in [0.2, 0.25) is 0 Å². The highest BCUT2D eigenvalue weighted by Crippen LogP contribution is 2.26. The molecule has 0 fully saturated rings. The summed E-state index contributed by atoms with van der Waals surface area (Å²) in [6.45, 7) is 2.74. The second-order valence-corrected chi connectivity index (χ2v) is 5.66. The van der Waals surface area contributed by atoms with E-state index in [4.69, 9.17) is 9.26 Å². The van der Waals surface area contributed by atoms with Gasteiger partial charge in [0.1, 0.15) is 6.10 Å². The molecule has 0 N–H and O–H groups in total. The van der Waals surface area contributed by atoms with Crippen molar-refractivity contribution in [3.05, 3.63) is 46.5 Å². The number of aryl methyl sites for hydroxylation is 1. The summed E-state index contributed by atoms with van der Waals surface area (Å²) in [5.74, 6) is 1.47. The highest BCUT2D eigenvalue weighted by atomic mass is 32.1. The lowest BCUT2D eigenvalue weighted by atomic mass is 10.2. The molecule has 0 radical (unpaired) electrons. The topological polar surface area (TPSA) is 53.1 Å². The Hall–Kier alpha value is -1.92. The molecule has 0 spiro atoms. The zero-order valence-electron chi connectivity index (χ0n) is 12.0. The Morgan fingerprint density at radius 2 is 2.38 bits per heavy atom. The van der Waals surface area contributed by atoms with Gasteiger partial charge in [0.2, 0.25) is 5.76 Å². The maximum absolute atomic E-state index is 5.60. The molecule has 0 aromatic carbocycles. The fourth-order valence-electron chi connectivity index (χ4n) is 2.20. The lowest BCUT2D eigenvalue weighted by Gasteiger charge is -2.15. The first kappa shape index (κ1) is 14.0. The van der Waals surface area contributed by atoms with E-state index >= 15 is 0 Å². The molecule has 0 aliphatic carbocycles. The van der Waals surface area contributed by atoms with Crippen molar-refractivity contribution < 1.29 is 9.26 Å². The first-order chi connectivity index (χ1) is 10.3. The maximum atomic E-state index is 5.60. The van der Waals surface area contributed by atoms with Gasteiger partial charge in [-0.3, -0.25) is 0 Å². The summed E-state index contributed by atoms with van der Waals surface area (Å²) in [5, 5.41) is 6.08. The molecule has 5 nitrogen and oxygen atoms in total. The summed E-state index contributed by atoms with van der Waals surface area (Å²) in [6.07, 6.45) is 4.56. The molecule has 0 saturated heterocycles. The molecular formula is C15H17N3O2S. The zero-order chi connectivity index (χ0) is 14.7. The van der Waals surface area contributed by atoms with Crippen LogP contribution in [0.1, 0.15) is 23.6 Å². The van der Waals surface area contributed by atoms with Crippen LogP contribution in [0.4, 0.5) is 0 Å². The van der Waals surface area contributed by atoms with Crippen LogP contribution in [0.25, 0.3) is 11.6 Å². The molecule has 3 aromatic rings. The molecule has 21 heavy (non-hydrogen) atoms. The van der Waals surface area contributed by atoms with Crippen molar-refractivity contribution in [3.63, 3.8) is 0 Å². The van der Waals surface area contributed by atoms with Crippen LogP contribution in [0.15, 0.2) is 40.5 Å². The van der Waals surface area contributed by atoms with Crippen molar-refractivity contribution in [1.82, 2.24) is 14.7 Å². The van der Waals surface area contributed by atoms with E-state index < -0.39 is 0 Å². The van der Waals surface area contributed by atoms with E-state index in [1.54, 1.807) is 24.6 Å². The van der Waals surface area contributed by atoms with Gasteiger partial charge >= 0.3 is 0 Å². The number of rotatable bonds is 6. The second-order valence-electron chi connectivity index (χ2n) is 4.68. The summed E-state index contributed by atoms with van der Waals surface area (Å²) >= 11 is 1.69. The van der Waals surface area contributed by atoms with Crippen molar-refractivity contribution in [1.29, 1.82) is 0 Å². The van der Waals surface area contributed by atoms with Gasteiger partial charge in [-0.25, -0.2) is 4.98 Å². The molecular weight excluding hydrogens is 286 g/mol. The number of nitrogens with zero attached hydrogens (tertiary/aromatic N) is 3. The molecule has 3 heterocycles. The number of ether oxygens (including phenoxy) is 1. The number of aromatic nitrogens is 3. The SMILES string of the molecule is CCc1cc(-c2nccn2C[C@@H](OC)c2cccs2)on1. The van der Waals surface area contributed by atoms with E-state index in [0.717, 1.165) is 17.9 Å². The number of hydrogen-bond donors (Lipinski definition) is 0. The van der Waals surface area contributed by atoms with Crippen LogP contribution in [-0.2, 0) is 17.7 Å². The van der Waals surface area contributed by atoms with Crippen LogP contribution in [-0.4, -0.2) is 21.8 Å². The minimum atomic E-state index is 0.00603. The fourth-order valence-corrected chi connectivity index (χ4v) is 2.99. The first-order valence-electron chi connectivity index (χ1n) is 6.85. The molecule has 0 amide bonds. The standard InChI is InChI=1S/C15H17N3O2S/c1-3-11-9-12(20-17-11)15-16-6-7-18(15)10-13(19-2)14-5-4-8-21-14/h4-9,13H,3,10H2,1-2H3/t13-/m1/s1. The average molecular weight is 303 g/mol. The van der Waals surface area contributed by atoms with Crippen LogP contribution in [0.3, 0.4) is 0 Å². The predicted molar refractivity (Wildman–Crippen MR) is 81.2 cm³/mol. The van der Waals surface area contributed by atoms with Crippen molar-refractivity contribution in [2.45, 2.75) is 26.0 Å². The normalized spacial score (nSPS) is 12.7. The van der Waals surface area contributed by atoms with E-state index in [0.29, 0.717) is 12.3 Å². The van der Waals surface area contributed by atoms with E-state index in [1.165, 1.54) is 4.88 Å². The quantitative estimate of drug-likeness (QED) is 0.699. The molecule has 0 aliphatic rings. The molecule has 0 unspecified atom stereocenters. The van der Waals surface area contributed by atoms with Crippen molar-refractivity contribution in [2.75, 3.05) is 7.11 Å². The lowest BCUT2D eigenvalue weighted by molar-refractivity contribution is 0.0910. The summed E-state index contributed by atoms with van der Waals surface area (Å²) in [4.78, 5) is 5.58. The Labute approximate surface area is 127 Å². The Morgan fingerprint density at radius 3 is 3.05 bits per heavy atom. The third kappa shape index (κ3) is 2.91. The zero-order valence-corrected chi connectivity index (χ0v) is 12.8. The minimum Gasteiger partial charge on any atom is -0.374 e. The third-order valence-electron chi connectivity index (χ3n) is 3.36. The van der Waals surface area contributed by atoms with Gasteiger partial charge in [-0.2, -0.15) is 0 Å². The van der Waals surface area contributed by atoms with Gasteiger partial charge in [0, 0.05) is 30.4 Å². The van der Waals surface area contributed by atoms with Crippen LogP contribution in [0.5, 0.6) is 0 Å². The molecule has 110 valence electrons. The van der Waals surface area contributed by atoms with E-state index in [2.05, 4.69) is 21.6 Å². The van der Waals surface area contributed by atoms with E-state index in [9.17, 15) is 0 Å². The van der Waals surface area contributed by atoms with Gasteiger partial charge < -0.3 is 13.8 Å². The molecule has 1 atom stereocenters. The predicted octanol–water partition coefficient (Wildman–Crippen LogP) is 3.55. The Morgan fingerprint density at radius 1 is 1.48 bits per heavy atom. The summed E-state index contributed by atoms with van der Waals surface area (Å²) in [6, 6.07) is 6.05. The van der Waals surface area contributed by atoms with Gasteiger partial charge in [-0.15, -0.1) is 11.3 Å². The largest absolute Gasteiger partial charge is 0.374 e. The molecule has 0 bridgehead atoms. The average Bonchev–Trinajstić information content (AvgIpc) is 3.23. The van der Waals surface area contributed by atoms with Gasteiger partial charge in [-0.1, -0.05) is 18.1 Å². The molecule has 0 saturated carbocycles. The monoisotopic (exact) mass is 303 g/mol. The Bertz CT molecular complexity index is 687. The summed E-state index contributed by atoms with van der Waals surface area (Å²) < 4.78 is 13.0. The van der Waals surface area contributed by atoms with Gasteiger partial charge in [-0.05, 0) is 17.9 Å². The fraction of sp³-hybridized carbons (Fsp3) is 0.333. The smallest absolute Gasteiger partial charge is 0.202 e. The molecule has 3 aromatic heterocycles. The summed E-state index contributed by atoms with van der Waals surface area (Å²) in [7, 11) is 1.73. The molecule has 0 aliphatic heterocycles. The molecule has 3 rings (SSSR count). The minimum absolute atomic E-state index is 0.00603. The first-order valence-corrected chi connectivity index (χ1v) is 7.73. The van der Waals surface area contributed by atoms with Gasteiger partial charge in [0.15, 0.2) is 5.82 Å². The maximum Gasteiger partial charge on any atom is 0.202 e. The number of hydrogen-bond acceptors (Lipinski definition) is 5. The second kappa shape index (κ2) is 6.24. The van der Waals surface area contributed by atoms with Crippen molar-refractivity contribution in [3.8, 4) is 11.6 Å². The lowest BCUT2D eigenvalue weighted by Crippen LogP contribution is -2.10. The van der Waals surface area contributed by atoms with Crippen LogP contribution >= 0.6 is 11.3 Å². The van der Waals surface area contributed by atoms with Crippen molar-refractivity contribution >= 4 is 11.3 Å². The molecule has 6 heteroatoms. The Balaban J connectivity index is 1.85. The van der Waals surface area contributed by atoms with E-state index in [-0.39, 0.29) is 6.10 Å².